The predicted molar refractivity (Wildman–Crippen MR) is 76.1 cm³/mol. The van der Waals surface area contributed by atoms with Crippen molar-refractivity contribution >= 4 is 31.9 Å². The highest BCUT2D eigenvalue weighted by Crippen LogP contribution is 2.29. The summed E-state index contributed by atoms with van der Waals surface area (Å²) in [5, 5.41) is 0. The molecule has 1 aromatic carbocycles. The number of rotatable bonds is 2. The van der Waals surface area contributed by atoms with Gasteiger partial charge in [-0.3, -0.25) is 0 Å². The molecule has 4 heteroatoms. The Morgan fingerprint density at radius 3 is 2.12 bits per heavy atom. The lowest BCUT2D eigenvalue weighted by molar-refractivity contribution is 0.499. The minimum atomic E-state index is -0.166. The van der Waals surface area contributed by atoms with Crippen LogP contribution >= 0.6 is 31.9 Å². The molecule has 0 aliphatic carbocycles. The molecule has 2 N–H and O–H groups in total. The highest BCUT2D eigenvalue weighted by atomic mass is 79.9. The van der Waals surface area contributed by atoms with Gasteiger partial charge in [-0.05, 0) is 43.7 Å². The van der Waals surface area contributed by atoms with Crippen LogP contribution in [0.5, 0.6) is 0 Å². The van der Waals surface area contributed by atoms with E-state index in [-0.39, 0.29) is 6.04 Å². The summed E-state index contributed by atoms with van der Waals surface area (Å²) in [4.78, 5) is 0. The van der Waals surface area contributed by atoms with Crippen LogP contribution in [0.15, 0.2) is 37.6 Å². The van der Waals surface area contributed by atoms with Crippen LogP contribution in [0.2, 0.25) is 0 Å². The molecule has 1 unspecified atom stereocenters. The van der Waals surface area contributed by atoms with Gasteiger partial charge in [0.2, 0.25) is 0 Å². The molecule has 0 radical (unpaired) electrons. The number of hydrogen-bond donors (Lipinski definition) is 1. The van der Waals surface area contributed by atoms with Crippen LogP contribution in [0.25, 0.3) is 0 Å². The Balaban J connectivity index is 2.43. The van der Waals surface area contributed by atoms with Crippen LogP contribution in [-0.4, -0.2) is 0 Å². The fourth-order valence-electron chi connectivity index (χ4n) is 1.89. The first kappa shape index (κ1) is 12.9. The van der Waals surface area contributed by atoms with Crippen molar-refractivity contribution in [3.05, 3.63) is 55.9 Å². The van der Waals surface area contributed by atoms with Gasteiger partial charge < -0.3 is 10.2 Å². The molecular weight excluding hydrogens is 346 g/mol. The van der Waals surface area contributed by atoms with Gasteiger partial charge in [0.25, 0.3) is 0 Å². The van der Waals surface area contributed by atoms with Gasteiger partial charge in [0.1, 0.15) is 11.5 Å². The third-order valence-electron chi connectivity index (χ3n) is 2.66. The highest BCUT2D eigenvalue weighted by Gasteiger charge is 2.15. The van der Waals surface area contributed by atoms with Crippen molar-refractivity contribution in [3.8, 4) is 0 Å². The average Bonchev–Trinajstić information content (AvgIpc) is 2.55. The second-order valence-corrected chi connectivity index (χ2v) is 5.88. The minimum Gasteiger partial charge on any atom is -0.466 e. The van der Waals surface area contributed by atoms with E-state index in [1.807, 2.05) is 38.1 Å². The number of furan rings is 1. The zero-order chi connectivity index (χ0) is 12.6. The summed E-state index contributed by atoms with van der Waals surface area (Å²) in [6, 6.07) is 7.87. The first-order chi connectivity index (χ1) is 7.97. The Hall–Kier alpha value is -0.580. The zero-order valence-electron chi connectivity index (χ0n) is 9.63. The Labute approximate surface area is 117 Å². The first-order valence-electron chi connectivity index (χ1n) is 5.26. The van der Waals surface area contributed by atoms with Crippen molar-refractivity contribution in [2.24, 2.45) is 5.73 Å². The van der Waals surface area contributed by atoms with E-state index >= 15 is 0 Å². The lowest BCUT2D eigenvalue weighted by Crippen LogP contribution is -2.12. The van der Waals surface area contributed by atoms with Crippen molar-refractivity contribution in [3.63, 3.8) is 0 Å². The quantitative estimate of drug-likeness (QED) is 0.860. The molecule has 17 heavy (non-hydrogen) atoms. The minimum absolute atomic E-state index is 0.166. The van der Waals surface area contributed by atoms with E-state index in [4.69, 9.17) is 10.2 Å². The molecule has 0 fully saturated rings. The number of nitrogens with two attached hydrogens (primary N) is 1. The summed E-state index contributed by atoms with van der Waals surface area (Å²) in [7, 11) is 0. The summed E-state index contributed by atoms with van der Waals surface area (Å²) >= 11 is 6.94. The van der Waals surface area contributed by atoms with Crippen LogP contribution in [0.1, 0.15) is 28.7 Å². The highest BCUT2D eigenvalue weighted by molar-refractivity contribution is 9.11. The van der Waals surface area contributed by atoms with Crippen molar-refractivity contribution in [1.29, 1.82) is 0 Å². The van der Waals surface area contributed by atoms with Crippen LogP contribution in [0.4, 0.5) is 0 Å². The molecule has 90 valence electrons. The number of halogens is 2. The van der Waals surface area contributed by atoms with Crippen LogP contribution in [-0.2, 0) is 0 Å². The zero-order valence-corrected chi connectivity index (χ0v) is 12.8. The SMILES string of the molecule is Cc1cc(C(N)c2cc(Br)cc(Br)c2)c(C)o1. The maximum Gasteiger partial charge on any atom is 0.106 e. The topological polar surface area (TPSA) is 39.2 Å². The summed E-state index contributed by atoms with van der Waals surface area (Å²) in [6.45, 7) is 3.87. The smallest absolute Gasteiger partial charge is 0.106 e. The maximum absolute atomic E-state index is 6.27. The lowest BCUT2D eigenvalue weighted by atomic mass is 10.0. The molecule has 0 saturated carbocycles. The van der Waals surface area contributed by atoms with E-state index in [2.05, 4.69) is 31.9 Å². The monoisotopic (exact) mass is 357 g/mol. The Morgan fingerprint density at radius 1 is 1.06 bits per heavy atom. The Kier molecular flexibility index (Phi) is 3.76. The fraction of sp³-hybridized carbons (Fsp3) is 0.231. The molecule has 0 bridgehead atoms. The molecule has 1 aromatic heterocycles. The summed E-state index contributed by atoms with van der Waals surface area (Å²) in [5.74, 6) is 1.77. The molecule has 0 amide bonds. The van der Waals surface area contributed by atoms with Crippen LogP contribution < -0.4 is 5.73 Å². The van der Waals surface area contributed by atoms with Gasteiger partial charge in [-0.2, -0.15) is 0 Å². The largest absolute Gasteiger partial charge is 0.466 e. The van der Waals surface area contributed by atoms with Gasteiger partial charge in [0, 0.05) is 14.5 Å². The molecule has 0 saturated heterocycles. The third-order valence-corrected chi connectivity index (χ3v) is 3.57. The Bertz CT molecular complexity index is 528. The molecule has 2 aromatic rings. The van der Waals surface area contributed by atoms with Crippen LogP contribution in [0.3, 0.4) is 0 Å². The second-order valence-electron chi connectivity index (χ2n) is 4.05. The number of hydrogen-bond acceptors (Lipinski definition) is 2. The molecule has 2 rings (SSSR count). The fourth-order valence-corrected chi connectivity index (χ4v) is 3.22. The predicted octanol–water partition coefficient (Wildman–Crippen LogP) is 4.47. The van der Waals surface area contributed by atoms with E-state index in [9.17, 15) is 0 Å². The summed E-state index contributed by atoms with van der Waals surface area (Å²) in [6.07, 6.45) is 0. The van der Waals surface area contributed by atoms with Gasteiger partial charge in [-0.15, -0.1) is 0 Å². The molecule has 1 heterocycles. The van der Waals surface area contributed by atoms with Crippen molar-refractivity contribution < 1.29 is 4.42 Å². The van der Waals surface area contributed by atoms with Crippen molar-refractivity contribution in [1.82, 2.24) is 0 Å². The van der Waals surface area contributed by atoms with E-state index < -0.39 is 0 Å². The molecule has 0 aliphatic heterocycles. The van der Waals surface area contributed by atoms with Gasteiger partial charge in [-0.25, -0.2) is 0 Å². The van der Waals surface area contributed by atoms with E-state index in [1.54, 1.807) is 0 Å². The van der Waals surface area contributed by atoms with Crippen molar-refractivity contribution in [2.45, 2.75) is 19.9 Å². The molecular formula is C13H13Br2NO. The number of benzene rings is 1. The second kappa shape index (κ2) is 4.96. The molecule has 0 spiro atoms. The normalized spacial score (nSPS) is 12.8. The standard InChI is InChI=1S/C13H13Br2NO/c1-7-3-12(8(2)17-7)13(16)9-4-10(14)6-11(15)5-9/h3-6,13H,16H2,1-2H3. The van der Waals surface area contributed by atoms with Gasteiger partial charge in [0.05, 0.1) is 6.04 Å². The van der Waals surface area contributed by atoms with Gasteiger partial charge in [0.15, 0.2) is 0 Å². The Morgan fingerprint density at radius 2 is 1.65 bits per heavy atom. The van der Waals surface area contributed by atoms with Crippen molar-refractivity contribution in [2.75, 3.05) is 0 Å². The molecule has 2 nitrogen and oxygen atoms in total. The van der Waals surface area contributed by atoms with Gasteiger partial charge in [-0.1, -0.05) is 31.9 Å². The first-order valence-corrected chi connectivity index (χ1v) is 6.84. The van der Waals surface area contributed by atoms with E-state index in [0.29, 0.717) is 0 Å². The maximum atomic E-state index is 6.27. The summed E-state index contributed by atoms with van der Waals surface area (Å²) in [5.41, 5.74) is 8.35. The lowest BCUT2D eigenvalue weighted by Gasteiger charge is -2.12. The third kappa shape index (κ3) is 2.81. The molecule has 0 aliphatic rings. The number of aryl methyl sites for hydroxylation is 2. The van der Waals surface area contributed by atoms with E-state index in [1.165, 1.54) is 0 Å². The van der Waals surface area contributed by atoms with E-state index in [0.717, 1.165) is 31.6 Å². The van der Waals surface area contributed by atoms with Crippen LogP contribution in [0, 0.1) is 13.8 Å². The average molecular weight is 359 g/mol. The van der Waals surface area contributed by atoms with Gasteiger partial charge >= 0.3 is 0 Å². The molecule has 1 atom stereocenters. The summed E-state index contributed by atoms with van der Waals surface area (Å²) < 4.78 is 7.53.